The third-order valence-electron chi connectivity index (χ3n) is 3.19. The molecular formula is C14H26N4O. The molecule has 108 valence electrons. The van der Waals surface area contributed by atoms with Gasteiger partial charge in [0.2, 0.25) is 5.91 Å². The molecule has 0 aliphatic carbocycles. The van der Waals surface area contributed by atoms with Crippen LogP contribution < -0.4 is 10.6 Å². The molecule has 1 unspecified atom stereocenters. The van der Waals surface area contributed by atoms with E-state index in [0.29, 0.717) is 31.5 Å². The molecule has 0 saturated carbocycles. The Morgan fingerprint density at radius 2 is 2.37 bits per heavy atom. The summed E-state index contributed by atoms with van der Waals surface area (Å²) < 4.78 is 0. The zero-order chi connectivity index (χ0) is 14.1. The van der Waals surface area contributed by atoms with Gasteiger partial charge in [0.25, 0.3) is 0 Å². The third kappa shape index (κ3) is 7.14. The van der Waals surface area contributed by atoms with Crippen molar-refractivity contribution in [1.29, 1.82) is 5.26 Å². The Kier molecular flexibility index (Phi) is 7.46. The SMILES string of the molecule is CC(C)CN(CC(=O)NCCC#N)CC1CCCN1. The topological polar surface area (TPSA) is 68.2 Å². The highest BCUT2D eigenvalue weighted by Gasteiger charge is 2.20. The fraction of sp³-hybridized carbons (Fsp3) is 0.857. The maximum atomic E-state index is 11.8. The first kappa shape index (κ1) is 15.9. The van der Waals surface area contributed by atoms with Gasteiger partial charge in [-0.1, -0.05) is 13.8 Å². The van der Waals surface area contributed by atoms with Crippen LogP contribution in [0.2, 0.25) is 0 Å². The standard InChI is InChI=1S/C14H26N4O/c1-12(2)9-18(10-13-5-3-7-16-13)11-14(19)17-8-4-6-15/h12-13,16H,3-5,7-11H2,1-2H3,(H,17,19). The second kappa shape index (κ2) is 8.89. The van der Waals surface area contributed by atoms with Gasteiger partial charge in [-0.15, -0.1) is 0 Å². The molecule has 0 spiro atoms. The lowest BCUT2D eigenvalue weighted by Gasteiger charge is -2.26. The fourth-order valence-corrected chi connectivity index (χ4v) is 2.46. The van der Waals surface area contributed by atoms with E-state index in [1.54, 1.807) is 0 Å². The maximum Gasteiger partial charge on any atom is 0.234 e. The summed E-state index contributed by atoms with van der Waals surface area (Å²) in [7, 11) is 0. The van der Waals surface area contributed by atoms with Crippen LogP contribution in [0.5, 0.6) is 0 Å². The average Bonchev–Trinajstić information content (AvgIpc) is 2.81. The molecule has 1 heterocycles. The molecule has 1 amide bonds. The molecule has 0 bridgehead atoms. The van der Waals surface area contributed by atoms with Crippen LogP contribution in [0.4, 0.5) is 0 Å². The number of nitriles is 1. The summed E-state index contributed by atoms with van der Waals surface area (Å²) in [6, 6.07) is 2.55. The minimum Gasteiger partial charge on any atom is -0.354 e. The highest BCUT2D eigenvalue weighted by molar-refractivity contribution is 5.78. The van der Waals surface area contributed by atoms with E-state index < -0.39 is 0 Å². The van der Waals surface area contributed by atoms with Gasteiger partial charge in [0.15, 0.2) is 0 Å². The molecule has 1 saturated heterocycles. The van der Waals surface area contributed by atoms with Crippen molar-refractivity contribution in [2.75, 3.05) is 32.7 Å². The first-order chi connectivity index (χ1) is 9.11. The molecule has 0 aromatic carbocycles. The molecule has 1 aliphatic rings. The van der Waals surface area contributed by atoms with Crippen molar-refractivity contribution in [2.45, 2.75) is 39.2 Å². The number of hydrogen-bond acceptors (Lipinski definition) is 4. The largest absolute Gasteiger partial charge is 0.354 e. The molecule has 1 rings (SSSR count). The zero-order valence-corrected chi connectivity index (χ0v) is 12.1. The normalized spacial score (nSPS) is 18.8. The summed E-state index contributed by atoms with van der Waals surface area (Å²) in [4.78, 5) is 14.0. The van der Waals surface area contributed by atoms with Gasteiger partial charge in [-0.05, 0) is 25.3 Å². The average molecular weight is 266 g/mol. The molecule has 1 atom stereocenters. The van der Waals surface area contributed by atoms with E-state index in [4.69, 9.17) is 5.26 Å². The van der Waals surface area contributed by atoms with Crippen molar-refractivity contribution in [3.63, 3.8) is 0 Å². The molecule has 0 aromatic heterocycles. The van der Waals surface area contributed by atoms with Crippen LogP contribution in [0.25, 0.3) is 0 Å². The third-order valence-corrected chi connectivity index (χ3v) is 3.19. The number of carbonyl (C=O) groups is 1. The predicted molar refractivity (Wildman–Crippen MR) is 75.5 cm³/mol. The van der Waals surface area contributed by atoms with E-state index in [2.05, 4.69) is 29.4 Å². The van der Waals surface area contributed by atoms with E-state index in [1.165, 1.54) is 12.8 Å². The number of nitrogens with zero attached hydrogens (tertiary/aromatic N) is 2. The van der Waals surface area contributed by atoms with Gasteiger partial charge in [0.05, 0.1) is 19.0 Å². The van der Waals surface area contributed by atoms with Gasteiger partial charge in [-0.2, -0.15) is 5.26 Å². The second-order valence-corrected chi connectivity index (χ2v) is 5.64. The Balaban J connectivity index is 2.35. The number of carbonyl (C=O) groups excluding carboxylic acids is 1. The van der Waals surface area contributed by atoms with Crippen LogP contribution in [-0.4, -0.2) is 49.6 Å². The van der Waals surface area contributed by atoms with E-state index in [-0.39, 0.29) is 5.91 Å². The quantitative estimate of drug-likeness (QED) is 0.635. The fourth-order valence-electron chi connectivity index (χ4n) is 2.46. The minimum atomic E-state index is 0.0221. The molecule has 5 nitrogen and oxygen atoms in total. The van der Waals surface area contributed by atoms with Gasteiger partial charge >= 0.3 is 0 Å². The van der Waals surface area contributed by atoms with Crippen molar-refractivity contribution >= 4 is 5.91 Å². The Morgan fingerprint density at radius 1 is 1.58 bits per heavy atom. The molecule has 1 fully saturated rings. The molecule has 0 radical (unpaired) electrons. The predicted octanol–water partition coefficient (Wildman–Crippen LogP) is 0.726. The Hall–Kier alpha value is -1.12. The first-order valence-electron chi connectivity index (χ1n) is 7.21. The lowest BCUT2D eigenvalue weighted by atomic mass is 10.1. The lowest BCUT2D eigenvalue weighted by Crippen LogP contribution is -2.44. The molecule has 2 N–H and O–H groups in total. The van der Waals surface area contributed by atoms with Crippen LogP contribution in [-0.2, 0) is 4.79 Å². The Labute approximate surface area is 116 Å². The van der Waals surface area contributed by atoms with Gasteiger partial charge in [0, 0.05) is 25.7 Å². The number of amides is 1. The van der Waals surface area contributed by atoms with Crippen molar-refractivity contribution in [1.82, 2.24) is 15.5 Å². The minimum absolute atomic E-state index is 0.0221. The van der Waals surface area contributed by atoms with Crippen molar-refractivity contribution in [2.24, 2.45) is 5.92 Å². The van der Waals surface area contributed by atoms with Crippen LogP contribution in [0.3, 0.4) is 0 Å². The summed E-state index contributed by atoms with van der Waals surface area (Å²) in [5.41, 5.74) is 0. The van der Waals surface area contributed by atoms with Crippen LogP contribution in [0.15, 0.2) is 0 Å². The maximum absolute atomic E-state index is 11.8. The van der Waals surface area contributed by atoms with E-state index in [0.717, 1.165) is 19.6 Å². The van der Waals surface area contributed by atoms with E-state index >= 15 is 0 Å². The highest BCUT2D eigenvalue weighted by Crippen LogP contribution is 2.08. The van der Waals surface area contributed by atoms with Gasteiger partial charge in [-0.3, -0.25) is 9.69 Å². The van der Waals surface area contributed by atoms with Crippen LogP contribution in [0, 0.1) is 17.2 Å². The Morgan fingerprint density at radius 3 is 2.95 bits per heavy atom. The van der Waals surface area contributed by atoms with E-state index in [9.17, 15) is 4.79 Å². The van der Waals surface area contributed by atoms with E-state index in [1.807, 2.05) is 6.07 Å². The molecule has 5 heteroatoms. The Bertz CT molecular complexity index is 305. The van der Waals surface area contributed by atoms with Crippen LogP contribution in [0.1, 0.15) is 33.1 Å². The molecule has 19 heavy (non-hydrogen) atoms. The first-order valence-corrected chi connectivity index (χ1v) is 7.21. The van der Waals surface area contributed by atoms with Crippen molar-refractivity contribution in [3.8, 4) is 6.07 Å². The van der Waals surface area contributed by atoms with Crippen molar-refractivity contribution < 1.29 is 4.79 Å². The molecule has 1 aliphatic heterocycles. The molecular weight excluding hydrogens is 240 g/mol. The highest BCUT2D eigenvalue weighted by atomic mass is 16.2. The summed E-state index contributed by atoms with van der Waals surface area (Å²) in [6.45, 7) is 8.18. The second-order valence-electron chi connectivity index (χ2n) is 5.64. The zero-order valence-electron chi connectivity index (χ0n) is 12.1. The van der Waals surface area contributed by atoms with Crippen LogP contribution >= 0.6 is 0 Å². The molecule has 0 aromatic rings. The summed E-state index contributed by atoms with van der Waals surface area (Å²) >= 11 is 0. The smallest absolute Gasteiger partial charge is 0.234 e. The van der Waals surface area contributed by atoms with Crippen molar-refractivity contribution in [3.05, 3.63) is 0 Å². The number of rotatable bonds is 8. The summed E-state index contributed by atoms with van der Waals surface area (Å²) in [6.07, 6.45) is 2.80. The summed E-state index contributed by atoms with van der Waals surface area (Å²) in [5, 5.41) is 14.7. The number of nitrogens with one attached hydrogen (secondary N) is 2. The number of hydrogen-bond donors (Lipinski definition) is 2. The van der Waals surface area contributed by atoms with Gasteiger partial charge < -0.3 is 10.6 Å². The summed E-state index contributed by atoms with van der Waals surface area (Å²) in [5.74, 6) is 0.571. The monoisotopic (exact) mass is 266 g/mol. The van der Waals surface area contributed by atoms with Gasteiger partial charge in [-0.25, -0.2) is 0 Å². The van der Waals surface area contributed by atoms with Gasteiger partial charge in [0.1, 0.15) is 0 Å². The lowest BCUT2D eigenvalue weighted by molar-refractivity contribution is -0.122.